The molecule has 1 heterocycles. The molecule has 2 aromatic rings. The van der Waals surface area contributed by atoms with Crippen LogP contribution in [0.25, 0.3) is 0 Å². The molecule has 3 N–H and O–H groups in total. The van der Waals surface area contributed by atoms with Gasteiger partial charge in [0.05, 0.1) is 6.42 Å². The molecule has 2 rings (SSSR count). The topological polar surface area (TPSA) is 99.8 Å². The number of aromatic nitrogens is 3. The number of amides is 2. The maximum Gasteiger partial charge on any atom is 0.224 e. The van der Waals surface area contributed by atoms with Crippen molar-refractivity contribution in [2.75, 3.05) is 11.9 Å². The van der Waals surface area contributed by atoms with Gasteiger partial charge in [0.15, 0.2) is 0 Å². The van der Waals surface area contributed by atoms with Gasteiger partial charge in [-0.2, -0.15) is 5.10 Å². The van der Waals surface area contributed by atoms with Crippen LogP contribution in [0.15, 0.2) is 30.6 Å². The van der Waals surface area contributed by atoms with Crippen molar-refractivity contribution in [2.24, 2.45) is 0 Å². The van der Waals surface area contributed by atoms with Crippen molar-refractivity contribution in [3.05, 3.63) is 42.0 Å². The Bertz CT molecular complexity index is 592. The Morgan fingerprint density at radius 2 is 2.00 bits per heavy atom. The summed E-state index contributed by atoms with van der Waals surface area (Å²) in [5.41, 5.74) is 1.61. The third kappa shape index (κ3) is 5.06. The van der Waals surface area contributed by atoms with E-state index in [4.69, 9.17) is 0 Å². The summed E-state index contributed by atoms with van der Waals surface area (Å²) in [7, 11) is 0. The molecule has 0 unspecified atom stereocenters. The highest BCUT2D eigenvalue weighted by Gasteiger charge is 2.04. The third-order valence-corrected chi connectivity index (χ3v) is 2.79. The number of anilines is 1. The van der Waals surface area contributed by atoms with Gasteiger partial charge in [0, 0.05) is 25.6 Å². The fraction of sp³-hybridized carbons (Fsp3) is 0.286. The van der Waals surface area contributed by atoms with E-state index in [1.807, 2.05) is 12.1 Å². The number of hydrogen-bond acceptors (Lipinski definition) is 4. The largest absolute Gasteiger partial charge is 0.355 e. The first-order valence-corrected chi connectivity index (χ1v) is 6.61. The Balaban J connectivity index is 1.75. The molecule has 0 radical (unpaired) electrons. The van der Waals surface area contributed by atoms with Crippen LogP contribution in [0.1, 0.15) is 18.3 Å². The summed E-state index contributed by atoms with van der Waals surface area (Å²) in [6.45, 7) is 1.97. The van der Waals surface area contributed by atoms with Crippen LogP contribution in [-0.2, 0) is 22.4 Å². The van der Waals surface area contributed by atoms with Crippen LogP contribution in [0.5, 0.6) is 0 Å². The minimum atomic E-state index is -0.118. The molecule has 7 heteroatoms. The van der Waals surface area contributed by atoms with Crippen LogP contribution in [0, 0.1) is 0 Å². The van der Waals surface area contributed by atoms with Gasteiger partial charge in [-0.05, 0) is 17.7 Å². The average Bonchev–Trinajstić information content (AvgIpc) is 2.93. The van der Waals surface area contributed by atoms with Crippen molar-refractivity contribution < 1.29 is 9.59 Å². The fourth-order valence-electron chi connectivity index (χ4n) is 1.83. The van der Waals surface area contributed by atoms with E-state index in [0.717, 1.165) is 17.1 Å². The smallest absolute Gasteiger partial charge is 0.224 e. The molecule has 7 nitrogen and oxygen atoms in total. The van der Waals surface area contributed by atoms with Crippen LogP contribution >= 0.6 is 0 Å². The van der Waals surface area contributed by atoms with Crippen molar-refractivity contribution >= 4 is 17.5 Å². The van der Waals surface area contributed by atoms with E-state index in [1.165, 1.54) is 13.3 Å². The van der Waals surface area contributed by atoms with Crippen LogP contribution in [0.3, 0.4) is 0 Å². The standard InChI is InChI=1S/C14H17N5O2/c1-10(20)18-12-4-2-11(3-5-12)8-14(21)15-7-6-13-16-9-17-19-13/h2-5,9H,6-8H2,1H3,(H,15,21)(H,18,20)(H,16,17,19). The molecule has 0 saturated heterocycles. The number of H-pyrrole nitrogens is 1. The Labute approximate surface area is 122 Å². The molecular formula is C14H17N5O2. The summed E-state index contributed by atoms with van der Waals surface area (Å²) in [6, 6.07) is 7.19. The van der Waals surface area contributed by atoms with E-state index in [1.54, 1.807) is 12.1 Å². The monoisotopic (exact) mass is 287 g/mol. The number of benzene rings is 1. The van der Waals surface area contributed by atoms with Gasteiger partial charge in [0.1, 0.15) is 12.2 Å². The second-order valence-corrected chi connectivity index (χ2v) is 4.59. The first kappa shape index (κ1) is 14.7. The van der Waals surface area contributed by atoms with Gasteiger partial charge >= 0.3 is 0 Å². The maximum atomic E-state index is 11.8. The maximum absolute atomic E-state index is 11.8. The van der Waals surface area contributed by atoms with Crippen LogP contribution in [-0.4, -0.2) is 33.5 Å². The van der Waals surface area contributed by atoms with Gasteiger partial charge in [-0.3, -0.25) is 14.7 Å². The zero-order valence-corrected chi connectivity index (χ0v) is 11.7. The molecule has 2 amide bonds. The highest BCUT2D eigenvalue weighted by Crippen LogP contribution is 2.09. The Kier molecular flexibility index (Phi) is 5.03. The van der Waals surface area contributed by atoms with Crippen molar-refractivity contribution in [1.29, 1.82) is 0 Å². The molecule has 0 aliphatic heterocycles. The van der Waals surface area contributed by atoms with Gasteiger partial charge in [-0.25, -0.2) is 4.98 Å². The Morgan fingerprint density at radius 1 is 1.24 bits per heavy atom. The number of rotatable bonds is 6. The fourth-order valence-corrected chi connectivity index (χ4v) is 1.83. The highest BCUT2D eigenvalue weighted by atomic mass is 16.2. The minimum Gasteiger partial charge on any atom is -0.355 e. The summed E-state index contributed by atoms with van der Waals surface area (Å²) in [5.74, 6) is 0.574. The summed E-state index contributed by atoms with van der Waals surface area (Å²) < 4.78 is 0. The van der Waals surface area contributed by atoms with Crippen molar-refractivity contribution in [1.82, 2.24) is 20.5 Å². The number of aromatic amines is 1. The van der Waals surface area contributed by atoms with Gasteiger partial charge in [0.25, 0.3) is 0 Å². The van der Waals surface area contributed by atoms with Gasteiger partial charge in [-0.15, -0.1) is 0 Å². The third-order valence-electron chi connectivity index (χ3n) is 2.79. The normalized spacial score (nSPS) is 10.1. The van der Waals surface area contributed by atoms with E-state index in [0.29, 0.717) is 19.4 Å². The second-order valence-electron chi connectivity index (χ2n) is 4.59. The molecule has 1 aromatic heterocycles. The number of nitrogens with one attached hydrogen (secondary N) is 3. The van der Waals surface area contributed by atoms with E-state index >= 15 is 0 Å². The lowest BCUT2D eigenvalue weighted by Gasteiger charge is -2.06. The lowest BCUT2D eigenvalue weighted by molar-refractivity contribution is -0.120. The molecule has 0 spiro atoms. The van der Waals surface area contributed by atoms with E-state index < -0.39 is 0 Å². The lowest BCUT2D eigenvalue weighted by Crippen LogP contribution is -2.27. The predicted octanol–water partition coefficient (Wildman–Crippen LogP) is 0.664. The van der Waals surface area contributed by atoms with Crippen molar-refractivity contribution in [3.8, 4) is 0 Å². The first-order valence-electron chi connectivity index (χ1n) is 6.61. The first-order chi connectivity index (χ1) is 10.1. The molecule has 0 fully saturated rings. The second kappa shape index (κ2) is 7.18. The number of carbonyl (C=O) groups is 2. The van der Waals surface area contributed by atoms with E-state index in [-0.39, 0.29) is 11.8 Å². The lowest BCUT2D eigenvalue weighted by atomic mass is 10.1. The van der Waals surface area contributed by atoms with Gasteiger partial charge < -0.3 is 10.6 Å². The Morgan fingerprint density at radius 3 is 2.62 bits per heavy atom. The molecule has 0 atom stereocenters. The summed E-state index contributed by atoms with van der Waals surface area (Å²) in [6.07, 6.45) is 2.36. The predicted molar refractivity (Wildman–Crippen MR) is 77.5 cm³/mol. The molecule has 1 aromatic carbocycles. The quantitative estimate of drug-likeness (QED) is 0.726. The summed E-state index contributed by atoms with van der Waals surface area (Å²) in [5, 5.41) is 12.0. The Hall–Kier alpha value is -2.70. The van der Waals surface area contributed by atoms with Crippen LogP contribution in [0.4, 0.5) is 5.69 Å². The minimum absolute atomic E-state index is 0.0539. The summed E-state index contributed by atoms with van der Waals surface area (Å²) >= 11 is 0. The number of carbonyl (C=O) groups excluding carboxylic acids is 2. The highest BCUT2D eigenvalue weighted by molar-refractivity contribution is 5.88. The molecule has 0 aliphatic rings. The molecule has 110 valence electrons. The average molecular weight is 287 g/mol. The van der Waals surface area contributed by atoms with Gasteiger partial charge in [0.2, 0.25) is 11.8 Å². The van der Waals surface area contributed by atoms with Crippen molar-refractivity contribution in [3.63, 3.8) is 0 Å². The van der Waals surface area contributed by atoms with Crippen LogP contribution < -0.4 is 10.6 Å². The van der Waals surface area contributed by atoms with Gasteiger partial charge in [-0.1, -0.05) is 12.1 Å². The molecule has 0 aliphatic carbocycles. The SMILES string of the molecule is CC(=O)Nc1ccc(CC(=O)NCCc2ncn[nH]2)cc1. The van der Waals surface area contributed by atoms with E-state index in [2.05, 4.69) is 25.8 Å². The molecular weight excluding hydrogens is 270 g/mol. The molecule has 0 saturated carbocycles. The number of nitrogens with zero attached hydrogens (tertiary/aromatic N) is 2. The molecule has 21 heavy (non-hydrogen) atoms. The van der Waals surface area contributed by atoms with Crippen LogP contribution in [0.2, 0.25) is 0 Å². The zero-order valence-electron chi connectivity index (χ0n) is 11.7. The molecule has 0 bridgehead atoms. The van der Waals surface area contributed by atoms with E-state index in [9.17, 15) is 9.59 Å². The summed E-state index contributed by atoms with van der Waals surface area (Å²) in [4.78, 5) is 26.7. The zero-order chi connectivity index (χ0) is 15.1. The number of hydrogen-bond donors (Lipinski definition) is 3. The van der Waals surface area contributed by atoms with Crippen molar-refractivity contribution in [2.45, 2.75) is 19.8 Å².